The number of rotatable bonds is 0. The summed E-state index contributed by atoms with van der Waals surface area (Å²) in [5.74, 6) is 0.452. The molecule has 0 spiro atoms. The first-order valence-electron chi connectivity index (χ1n) is 4.65. The van der Waals surface area contributed by atoms with Gasteiger partial charge in [0.1, 0.15) is 0 Å². The van der Waals surface area contributed by atoms with Gasteiger partial charge in [-0.1, -0.05) is 37.3 Å². The van der Waals surface area contributed by atoms with Crippen LogP contribution in [-0.4, -0.2) is 6.21 Å². The number of nitrogens with zero attached hydrogens (tertiary/aromatic N) is 1. The fourth-order valence-corrected chi connectivity index (χ4v) is 1.47. The van der Waals surface area contributed by atoms with Gasteiger partial charge in [-0.3, -0.25) is 4.99 Å². The van der Waals surface area contributed by atoms with Gasteiger partial charge in [-0.05, 0) is 18.1 Å². The van der Waals surface area contributed by atoms with E-state index in [0.717, 1.165) is 12.1 Å². The van der Waals surface area contributed by atoms with Crippen molar-refractivity contribution in [2.24, 2.45) is 10.9 Å². The zero-order chi connectivity index (χ0) is 9.10. The Bertz CT molecular complexity index is 350. The molecular formula is C12H13N. The average Bonchev–Trinajstić information content (AvgIpc) is 2.13. The summed E-state index contributed by atoms with van der Waals surface area (Å²) in [6.07, 6.45) is 7.40. The van der Waals surface area contributed by atoms with E-state index in [1.807, 2.05) is 12.3 Å². The number of para-hydroxylation sites is 1. The number of hydrogen-bond acceptors (Lipinski definition) is 1. The molecular weight excluding hydrogens is 158 g/mol. The third-order valence-corrected chi connectivity index (χ3v) is 2.22. The van der Waals surface area contributed by atoms with Crippen LogP contribution in [0.1, 0.15) is 12.5 Å². The Kier molecular flexibility index (Phi) is 2.26. The zero-order valence-electron chi connectivity index (χ0n) is 7.77. The third kappa shape index (κ3) is 1.86. The molecule has 0 radical (unpaired) electrons. The van der Waals surface area contributed by atoms with Crippen LogP contribution in [0, 0.1) is 5.92 Å². The lowest BCUT2D eigenvalue weighted by Gasteiger charge is -2.06. The standard InChI is InChI=1S/C12H13N/c1-10-5-4-7-11-6-2-3-8-12(11)13-9-10/h2-6,8-10H,7H2,1H3/b5-4+,13-9?. The highest BCUT2D eigenvalue weighted by atomic mass is 14.7. The van der Waals surface area contributed by atoms with Crippen LogP contribution in [0.25, 0.3) is 0 Å². The molecule has 0 fully saturated rings. The van der Waals surface area contributed by atoms with Crippen molar-refractivity contribution in [1.82, 2.24) is 0 Å². The van der Waals surface area contributed by atoms with Crippen LogP contribution in [0.5, 0.6) is 0 Å². The average molecular weight is 171 g/mol. The Morgan fingerprint density at radius 1 is 1.31 bits per heavy atom. The van der Waals surface area contributed by atoms with E-state index < -0.39 is 0 Å². The van der Waals surface area contributed by atoms with E-state index in [1.165, 1.54) is 5.56 Å². The van der Waals surface area contributed by atoms with E-state index in [0.29, 0.717) is 5.92 Å². The van der Waals surface area contributed by atoms with E-state index in [-0.39, 0.29) is 0 Å². The van der Waals surface area contributed by atoms with Crippen molar-refractivity contribution < 1.29 is 0 Å². The molecule has 1 unspecified atom stereocenters. The Morgan fingerprint density at radius 3 is 3.08 bits per heavy atom. The minimum Gasteiger partial charge on any atom is -0.260 e. The number of benzene rings is 1. The summed E-state index contributed by atoms with van der Waals surface area (Å²) in [7, 11) is 0. The van der Waals surface area contributed by atoms with Crippen molar-refractivity contribution >= 4 is 11.9 Å². The molecule has 1 aliphatic rings. The van der Waals surface area contributed by atoms with Crippen LogP contribution in [-0.2, 0) is 6.42 Å². The first kappa shape index (κ1) is 8.24. The number of fused-ring (bicyclic) bond motifs is 1. The Hall–Kier alpha value is -1.37. The molecule has 1 heterocycles. The topological polar surface area (TPSA) is 12.4 Å². The van der Waals surface area contributed by atoms with Crippen LogP contribution in [0.3, 0.4) is 0 Å². The molecule has 2 rings (SSSR count). The molecule has 1 aromatic rings. The van der Waals surface area contributed by atoms with Crippen LogP contribution in [0.15, 0.2) is 41.4 Å². The van der Waals surface area contributed by atoms with Gasteiger partial charge in [-0.2, -0.15) is 0 Å². The second-order valence-electron chi connectivity index (χ2n) is 3.40. The fourth-order valence-electron chi connectivity index (χ4n) is 1.47. The summed E-state index contributed by atoms with van der Waals surface area (Å²) in [5, 5.41) is 0. The lowest BCUT2D eigenvalue weighted by molar-refractivity contribution is 1.00. The predicted octanol–water partition coefficient (Wildman–Crippen LogP) is 3.14. The monoisotopic (exact) mass is 171 g/mol. The first-order valence-corrected chi connectivity index (χ1v) is 4.65. The maximum Gasteiger partial charge on any atom is 0.0661 e. The van der Waals surface area contributed by atoms with E-state index in [9.17, 15) is 0 Å². The quantitative estimate of drug-likeness (QED) is 0.532. The molecule has 0 bridgehead atoms. The maximum absolute atomic E-state index is 4.45. The highest BCUT2D eigenvalue weighted by Crippen LogP contribution is 2.21. The molecule has 66 valence electrons. The number of aliphatic imine (C=N–C) groups is 1. The first-order chi connectivity index (χ1) is 6.36. The van der Waals surface area contributed by atoms with E-state index in [1.54, 1.807) is 0 Å². The zero-order valence-corrected chi connectivity index (χ0v) is 7.77. The lowest BCUT2D eigenvalue weighted by Crippen LogP contribution is -1.94. The van der Waals surface area contributed by atoms with Gasteiger partial charge in [0, 0.05) is 12.1 Å². The molecule has 0 amide bonds. The molecule has 1 atom stereocenters. The van der Waals surface area contributed by atoms with Crippen LogP contribution in [0.4, 0.5) is 5.69 Å². The van der Waals surface area contributed by atoms with Crippen molar-refractivity contribution in [3.8, 4) is 0 Å². The predicted molar refractivity (Wildman–Crippen MR) is 56.6 cm³/mol. The van der Waals surface area contributed by atoms with Crippen LogP contribution in [0.2, 0.25) is 0 Å². The molecule has 0 aromatic heterocycles. The summed E-state index contributed by atoms with van der Waals surface area (Å²) in [4.78, 5) is 4.45. The minimum absolute atomic E-state index is 0.452. The van der Waals surface area contributed by atoms with Crippen molar-refractivity contribution in [3.05, 3.63) is 42.0 Å². The van der Waals surface area contributed by atoms with Gasteiger partial charge < -0.3 is 0 Å². The largest absolute Gasteiger partial charge is 0.260 e. The van der Waals surface area contributed by atoms with E-state index in [4.69, 9.17) is 0 Å². The van der Waals surface area contributed by atoms with Crippen molar-refractivity contribution in [1.29, 1.82) is 0 Å². The van der Waals surface area contributed by atoms with E-state index >= 15 is 0 Å². The Labute approximate surface area is 78.8 Å². The SMILES string of the molecule is CC1C=Nc2ccccc2C/C=C/1. The molecule has 1 aromatic carbocycles. The molecule has 1 heteroatoms. The van der Waals surface area contributed by atoms with Gasteiger partial charge in [0.15, 0.2) is 0 Å². The molecule has 0 saturated heterocycles. The lowest BCUT2D eigenvalue weighted by atomic mass is 10.1. The van der Waals surface area contributed by atoms with Gasteiger partial charge >= 0.3 is 0 Å². The van der Waals surface area contributed by atoms with Gasteiger partial charge in [0.2, 0.25) is 0 Å². The van der Waals surface area contributed by atoms with Crippen molar-refractivity contribution in [2.75, 3.05) is 0 Å². The number of hydrogen-bond donors (Lipinski definition) is 0. The minimum atomic E-state index is 0.452. The van der Waals surface area contributed by atoms with Gasteiger partial charge in [0.25, 0.3) is 0 Å². The number of allylic oxidation sites excluding steroid dienone is 2. The van der Waals surface area contributed by atoms with Crippen LogP contribution < -0.4 is 0 Å². The smallest absolute Gasteiger partial charge is 0.0661 e. The maximum atomic E-state index is 4.45. The second kappa shape index (κ2) is 3.56. The second-order valence-corrected chi connectivity index (χ2v) is 3.40. The summed E-state index contributed by atoms with van der Waals surface area (Å²) in [6.45, 7) is 2.15. The summed E-state index contributed by atoms with van der Waals surface area (Å²) in [6, 6.07) is 8.30. The molecule has 1 aliphatic heterocycles. The molecule has 0 aliphatic carbocycles. The van der Waals surface area contributed by atoms with Gasteiger partial charge in [-0.25, -0.2) is 0 Å². The van der Waals surface area contributed by atoms with E-state index in [2.05, 4.69) is 42.3 Å². The fraction of sp³-hybridized carbons (Fsp3) is 0.250. The normalized spacial score (nSPS) is 23.0. The molecule has 0 saturated carbocycles. The Morgan fingerprint density at radius 2 is 2.15 bits per heavy atom. The highest BCUT2D eigenvalue weighted by molar-refractivity contribution is 5.69. The van der Waals surface area contributed by atoms with Crippen molar-refractivity contribution in [3.63, 3.8) is 0 Å². The Balaban J connectivity index is 2.42. The molecule has 1 nitrogen and oxygen atoms in total. The van der Waals surface area contributed by atoms with Crippen molar-refractivity contribution in [2.45, 2.75) is 13.3 Å². The van der Waals surface area contributed by atoms with Gasteiger partial charge in [0.05, 0.1) is 5.69 Å². The summed E-state index contributed by atoms with van der Waals surface area (Å²) >= 11 is 0. The van der Waals surface area contributed by atoms with Crippen LogP contribution >= 0.6 is 0 Å². The summed E-state index contributed by atoms with van der Waals surface area (Å²) in [5.41, 5.74) is 2.42. The summed E-state index contributed by atoms with van der Waals surface area (Å²) < 4.78 is 0. The highest BCUT2D eigenvalue weighted by Gasteiger charge is 2.01. The third-order valence-electron chi connectivity index (χ3n) is 2.22. The molecule has 0 N–H and O–H groups in total. The molecule has 13 heavy (non-hydrogen) atoms. The van der Waals surface area contributed by atoms with Gasteiger partial charge in [-0.15, -0.1) is 0 Å².